The van der Waals surface area contributed by atoms with Crippen LogP contribution in [-0.2, 0) is 15.1 Å². The first-order chi connectivity index (χ1) is 13.0. The lowest BCUT2D eigenvalue weighted by atomic mass is 9.92. The Bertz CT molecular complexity index is 791. The summed E-state index contributed by atoms with van der Waals surface area (Å²) < 4.78 is 4.78. The van der Waals surface area contributed by atoms with Crippen molar-refractivity contribution in [1.82, 2.24) is 20.5 Å². The van der Waals surface area contributed by atoms with Crippen LogP contribution in [-0.4, -0.2) is 47.3 Å². The quantitative estimate of drug-likeness (QED) is 0.774. The number of nitrogens with one attached hydrogen (secondary N) is 1. The van der Waals surface area contributed by atoms with E-state index in [1.807, 2.05) is 0 Å². The van der Waals surface area contributed by atoms with E-state index in [-0.39, 0.29) is 12.1 Å². The van der Waals surface area contributed by atoms with Gasteiger partial charge in [0, 0.05) is 19.3 Å². The van der Waals surface area contributed by atoms with Gasteiger partial charge in [0.1, 0.15) is 0 Å². The number of pyridine rings is 1. The summed E-state index contributed by atoms with van der Waals surface area (Å²) in [6.45, 7) is 3.64. The molecule has 1 fully saturated rings. The van der Waals surface area contributed by atoms with Crippen molar-refractivity contribution in [2.45, 2.75) is 31.7 Å². The minimum atomic E-state index is -1.03. The minimum Gasteiger partial charge on any atom is -0.469 e. The largest absolute Gasteiger partial charge is 0.469 e. The van der Waals surface area contributed by atoms with Crippen LogP contribution in [0, 0.1) is 0 Å². The summed E-state index contributed by atoms with van der Waals surface area (Å²) >= 11 is 0. The lowest BCUT2D eigenvalue weighted by molar-refractivity contribution is -0.142. The first-order valence-electron chi connectivity index (χ1n) is 8.91. The van der Waals surface area contributed by atoms with Crippen molar-refractivity contribution in [2.75, 3.05) is 25.1 Å². The Morgan fingerprint density at radius 3 is 2.56 bits per heavy atom. The molecule has 1 atom stereocenters. The lowest BCUT2D eigenvalue weighted by Crippen LogP contribution is -2.46. The topological polar surface area (TPSA) is 97.3 Å². The van der Waals surface area contributed by atoms with Gasteiger partial charge < -0.3 is 15.0 Å². The molecule has 1 aliphatic rings. The highest BCUT2D eigenvalue weighted by molar-refractivity contribution is 5.93. The molecule has 27 heavy (non-hydrogen) atoms. The number of aromatic nitrogens is 3. The van der Waals surface area contributed by atoms with Crippen LogP contribution in [0.5, 0.6) is 0 Å². The first-order valence-corrected chi connectivity index (χ1v) is 8.91. The van der Waals surface area contributed by atoms with Crippen LogP contribution in [0.1, 0.15) is 42.4 Å². The molecule has 0 spiro atoms. The number of amides is 1. The first kappa shape index (κ1) is 18.8. The van der Waals surface area contributed by atoms with Crippen molar-refractivity contribution < 1.29 is 14.3 Å². The SMILES string of the molecule is COC(=O)CC(C)(NC(=O)c1ccc(N2CCCC2)nn1)c1ccccn1. The highest BCUT2D eigenvalue weighted by Gasteiger charge is 2.34. The number of anilines is 1. The third kappa shape index (κ3) is 4.39. The zero-order valence-electron chi connectivity index (χ0n) is 15.5. The summed E-state index contributed by atoms with van der Waals surface area (Å²) in [5.41, 5.74) is -0.281. The zero-order chi connectivity index (χ0) is 19.3. The molecule has 8 heteroatoms. The Kier molecular flexibility index (Phi) is 5.63. The Hall–Kier alpha value is -3.03. The van der Waals surface area contributed by atoms with Gasteiger partial charge in [0.15, 0.2) is 11.5 Å². The van der Waals surface area contributed by atoms with Gasteiger partial charge in [-0.15, -0.1) is 10.2 Å². The van der Waals surface area contributed by atoms with Gasteiger partial charge in [-0.1, -0.05) is 6.07 Å². The molecular formula is C19H23N5O3. The van der Waals surface area contributed by atoms with E-state index >= 15 is 0 Å². The van der Waals surface area contributed by atoms with Gasteiger partial charge in [-0.05, 0) is 44.0 Å². The second-order valence-electron chi connectivity index (χ2n) is 6.73. The Morgan fingerprint density at radius 2 is 1.96 bits per heavy atom. The third-order valence-electron chi connectivity index (χ3n) is 4.66. The van der Waals surface area contributed by atoms with Gasteiger partial charge >= 0.3 is 5.97 Å². The van der Waals surface area contributed by atoms with Crippen molar-refractivity contribution in [1.29, 1.82) is 0 Å². The maximum Gasteiger partial charge on any atom is 0.308 e. The summed E-state index contributed by atoms with van der Waals surface area (Å²) in [4.78, 5) is 31.0. The molecule has 0 radical (unpaired) electrons. The number of carbonyl (C=O) groups is 2. The molecular weight excluding hydrogens is 346 g/mol. The molecule has 1 unspecified atom stereocenters. The third-order valence-corrected chi connectivity index (χ3v) is 4.66. The van der Waals surface area contributed by atoms with Crippen molar-refractivity contribution >= 4 is 17.7 Å². The van der Waals surface area contributed by atoms with E-state index in [0.29, 0.717) is 5.69 Å². The second-order valence-corrected chi connectivity index (χ2v) is 6.73. The Balaban J connectivity index is 1.78. The van der Waals surface area contributed by atoms with E-state index in [0.717, 1.165) is 31.7 Å². The number of ether oxygens (including phenoxy) is 1. The normalized spacial score (nSPS) is 15.9. The zero-order valence-corrected chi connectivity index (χ0v) is 15.5. The fourth-order valence-corrected chi connectivity index (χ4v) is 3.12. The highest BCUT2D eigenvalue weighted by atomic mass is 16.5. The molecule has 1 N–H and O–H groups in total. The number of hydrogen-bond acceptors (Lipinski definition) is 7. The summed E-state index contributed by atoms with van der Waals surface area (Å²) in [6.07, 6.45) is 3.84. The van der Waals surface area contributed by atoms with Gasteiger partial charge in [0.25, 0.3) is 5.91 Å². The van der Waals surface area contributed by atoms with E-state index in [4.69, 9.17) is 4.74 Å². The van der Waals surface area contributed by atoms with Crippen LogP contribution in [0.25, 0.3) is 0 Å². The van der Waals surface area contributed by atoms with Gasteiger partial charge in [0.05, 0.1) is 24.8 Å². The molecule has 2 aromatic rings. The molecule has 8 nitrogen and oxygen atoms in total. The van der Waals surface area contributed by atoms with Crippen molar-refractivity contribution in [3.63, 3.8) is 0 Å². The van der Waals surface area contributed by atoms with Crippen LogP contribution >= 0.6 is 0 Å². The lowest BCUT2D eigenvalue weighted by Gasteiger charge is -2.29. The van der Waals surface area contributed by atoms with E-state index < -0.39 is 17.4 Å². The van der Waals surface area contributed by atoms with Crippen LogP contribution in [0.4, 0.5) is 5.82 Å². The molecule has 142 valence electrons. The summed E-state index contributed by atoms with van der Waals surface area (Å²) in [6, 6.07) is 8.77. The van der Waals surface area contributed by atoms with Crippen LogP contribution in [0.3, 0.4) is 0 Å². The summed E-state index contributed by atoms with van der Waals surface area (Å²) in [7, 11) is 1.31. The average molecular weight is 369 g/mol. The van der Waals surface area contributed by atoms with Gasteiger partial charge in [-0.2, -0.15) is 0 Å². The second kappa shape index (κ2) is 8.11. The molecule has 0 bridgehead atoms. The van der Waals surface area contributed by atoms with E-state index in [1.54, 1.807) is 43.5 Å². The predicted molar refractivity (Wildman–Crippen MR) is 99.2 cm³/mol. The monoisotopic (exact) mass is 369 g/mol. The Morgan fingerprint density at radius 1 is 1.19 bits per heavy atom. The number of nitrogens with zero attached hydrogens (tertiary/aromatic N) is 4. The molecule has 3 rings (SSSR count). The van der Waals surface area contributed by atoms with Gasteiger partial charge in [-0.3, -0.25) is 14.6 Å². The molecule has 2 aromatic heterocycles. The fourth-order valence-electron chi connectivity index (χ4n) is 3.12. The van der Waals surface area contributed by atoms with E-state index in [2.05, 4.69) is 25.4 Å². The highest BCUT2D eigenvalue weighted by Crippen LogP contribution is 2.24. The molecule has 1 amide bonds. The summed E-state index contributed by atoms with van der Waals surface area (Å²) in [5, 5.41) is 11.1. The maximum absolute atomic E-state index is 12.7. The van der Waals surface area contributed by atoms with Crippen molar-refractivity contribution in [3.05, 3.63) is 47.9 Å². The van der Waals surface area contributed by atoms with Crippen LogP contribution in [0.15, 0.2) is 36.5 Å². The number of carbonyl (C=O) groups excluding carboxylic acids is 2. The molecule has 1 saturated heterocycles. The Labute approximate surface area is 158 Å². The number of esters is 1. The minimum absolute atomic E-state index is 0.0501. The number of rotatable bonds is 6. The molecule has 3 heterocycles. The average Bonchev–Trinajstić information content (AvgIpc) is 3.23. The number of hydrogen-bond donors (Lipinski definition) is 1. The van der Waals surface area contributed by atoms with Crippen molar-refractivity contribution in [3.8, 4) is 0 Å². The van der Waals surface area contributed by atoms with Gasteiger partial charge in [-0.25, -0.2) is 0 Å². The van der Waals surface area contributed by atoms with Crippen molar-refractivity contribution in [2.24, 2.45) is 0 Å². The van der Waals surface area contributed by atoms with E-state index in [1.165, 1.54) is 7.11 Å². The van der Waals surface area contributed by atoms with Crippen LogP contribution < -0.4 is 10.2 Å². The van der Waals surface area contributed by atoms with E-state index in [9.17, 15) is 9.59 Å². The molecule has 0 aromatic carbocycles. The molecule has 0 saturated carbocycles. The number of methoxy groups -OCH3 is 1. The van der Waals surface area contributed by atoms with Crippen LogP contribution in [0.2, 0.25) is 0 Å². The standard InChI is InChI=1S/C19H23N5O3/c1-19(13-17(25)27-2,15-7-3-4-10-20-15)21-18(26)14-8-9-16(23-22-14)24-11-5-6-12-24/h3-4,7-10H,5-6,11-13H2,1-2H3,(H,21,26). The molecule has 1 aliphatic heterocycles. The predicted octanol–water partition coefficient (Wildman–Crippen LogP) is 1.68. The summed E-state index contributed by atoms with van der Waals surface area (Å²) in [5.74, 6) is -0.0995. The fraction of sp³-hybridized carbons (Fsp3) is 0.421. The maximum atomic E-state index is 12.7. The molecule has 0 aliphatic carbocycles. The van der Waals surface area contributed by atoms with Gasteiger partial charge in [0.2, 0.25) is 0 Å². The smallest absolute Gasteiger partial charge is 0.308 e.